The highest BCUT2D eigenvalue weighted by Gasteiger charge is 2.45. The van der Waals surface area contributed by atoms with Crippen LogP contribution in [0.4, 0.5) is 10.5 Å². The van der Waals surface area contributed by atoms with Crippen molar-refractivity contribution < 1.29 is 9.59 Å². The number of aliphatic imine (C=N–C) groups is 1. The molecule has 1 aliphatic rings. The highest BCUT2D eigenvalue weighted by atomic mass is 16.2. The molecule has 1 aromatic rings. The molecule has 1 atom stereocenters. The van der Waals surface area contributed by atoms with Gasteiger partial charge in [0.15, 0.2) is 5.96 Å². The average Bonchev–Trinajstić information content (AvgIpc) is 2.82. The van der Waals surface area contributed by atoms with E-state index in [-0.39, 0.29) is 11.9 Å². The Hall–Kier alpha value is -2.57. The van der Waals surface area contributed by atoms with Crippen LogP contribution < -0.4 is 16.4 Å². The molecule has 0 saturated carbocycles. The molecule has 3 amide bonds. The zero-order valence-corrected chi connectivity index (χ0v) is 15.1. The number of imide groups is 1. The lowest BCUT2D eigenvalue weighted by Gasteiger charge is -2.19. The number of carbonyl (C=O) groups excluding carboxylic acids is 2. The number of aryl methyl sites for hydroxylation is 1. The Morgan fingerprint density at radius 3 is 2.76 bits per heavy atom. The van der Waals surface area contributed by atoms with E-state index in [1.165, 1.54) is 10.5 Å². The van der Waals surface area contributed by atoms with Gasteiger partial charge < -0.3 is 16.4 Å². The molecule has 25 heavy (non-hydrogen) atoms. The number of anilines is 1. The number of nitrogens with one attached hydrogen (secondary N) is 2. The monoisotopic (exact) mass is 345 g/mol. The van der Waals surface area contributed by atoms with Crippen molar-refractivity contribution in [1.82, 2.24) is 10.2 Å². The number of benzene rings is 1. The van der Waals surface area contributed by atoms with Crippen molar-refractivity contribution in [2.45, 2.75) is 45.6 Å². The molecule has 0 bridgehead atoms. The van der Waals surface area contributed by atoms with E-state index in [0.717, 1.165) is 12.1 Å². The number of rotatable bonds is 7. The molecule has 0 spiro atoms. The van der Waals surface area contributed by atoms with Crippen LogP contribution in [0.5, 0.6) is 0 Å². The van der Waals surface area contributed by atoms with E-state index >= 15 is 0 Å². The molecule has 1 fully saturated rings. The first-order valence-electron chi connectivity index (χ1n) is 8.69. The Morgan fingerprint density at radius 1 is 1.36 bits per heavy atom. The van der Waals surface area contributed by atoms with Gasteiger partial charge in [0.1, 0.15) is 5.54 Å². The maximum absolute atomic E-state index is 12.3. The maximum Gasteiger partial charge on any atom is 0.325 e. The summed E-state index contributed by atoms with van der Waals surface area (Å²) >= 11 is 0. The molecule has 0 radical (unpaired) electrons. The van der Waals surface area contributed by atoms with Crippen LogP contribution in [0.3, 0.4) is 0 Å². The summed E-state index contributed by atoms with van der Waals surface area (Å²) in [6.45, 7) is 6.49. The quantitative estimate of drug-likeness (QED) is 0.305. The van der Waals surface area contributed by atoms with Crippen LogP contribution in [0.25, 0.3) is 0 Å². The lowest BCUT2D eigenvalue weighted by Crippen LogP contribution is -2.43. The van der Waals surface area contributed by atoms with Crippen LogP contribution in [0, 0.1) is 0 Å². The highest BCUT2D eigenvalue weighted by Crippen LogP contribution is 2.20. The summed E-state index contributed by atoms with van der Waals surface area (Å²) in [5, 5.41) is 5.79. The fourth-order valence-electron chi connectivity index (χ4n) is 2.67. The van der Waals surface area contributed by atoms with E-state index in [9.17, 15) is 9.59 Å². The Morgan fingerprint density at radius 2 is 2.12 bits per heavy atom. The minimum absolute atomic E-state index is 0.175. The molecule has 4 N–H and O–H groups in total. The van der Waals surface area contributed by atoms with Crippen LogP contribution in [0.1, 0.15) is 39.2 Å². The molecule has 1 aliphatic heterocycles. The van der Waals surface area contributed by atoms with Crippen LogP contribution >= 0.6 is 0 Å². The second kappa shape index (κ2) is 8.00. The Kier molecular flexibility index (Phi) is 6.01. The van der Waals surface area contributed by atoms with Gasteiger partial charge in [-0.15, -0.1) is 0 Å². The zero-order valence-electron chi connectivity index (χ0n) is 15.1. The van der Waals surface area contributed by atoms with E-state index in [0.29, 0.717) is 31.9 Å². The van der Waals surface area contributed by atoms with Crippen molar-refractivity contribution in [1.29, 1.82) is 0 Å². The smallest absolute Gasteiger partial charge is 0.325 e. The maximum atomic E-state index is 12.3. The van der Waals surface area contributed by atoms with E-state index < -0.39 is 5.54 Å². The van der Waals surface area contributed by atoms with E-state index in [1.54, 1.807) is 6.92 Å². The number of nitrogens with two attached hydrogens (primary N) is 1. The van der Waals surface area contributed by atoms with Gasteiger partial charge in [0.2, 0.25) is 0 Å². The lowest BCUT2D eigenvalue weighted by atomic mass is 9.99. The van der Waals surface area contributed by atoms with Crippen molar-refractivity contribution in [2.24, 2.45) is 10.7 Å². The standard InChI is InChI=1S/C18H27N5O2/c1-4-13-8-6-9-14(12-13)21-16(19)20-10-7-11-23-15(24)18(3,5-2)22-17(23)25/h6,8-9,12H,4-5,7,10-11H2,1-3H3,(H,22,25)(H3,19,20,21). The van der Waals surface area contributed by atoms with E-state index in [1.807, 2.05) is 25.1 Å². The van der Waals surface area contributed by atoms with E-state index in [2.05, 4.69) is 28.6 Å². The van der Waals surface area contributed by atoms with Crippen molar-refractivity contribution in [3.05, 3.63) is 29.8 Å². The average molecular weight is 345 g/mol. The van der Waals surface area contributed by atoms with Gasteiger partial charge in [-0.05, 0) is 43.9 Å². The third-order valence-corrected chi connectivity index (χ3v) is 4.48. The third kappa shape index (κ3) is 4.49. The summed E-state index contributed by atoms with van der Waals surface area (Å²) in [7, 11) is 0. The summed E-state index contributed by atoms with van der Waals surface area (Å²) in [4.78, 5) is 29.7. The Bertz CT molecular complexity index is 673. The number of hydrogen-bond donors (Lipinski definition) is 3. The summed E-state index contributed by atoms with van der Waals surface area (Å²) in [5.41, 5.74) is 7.22. The van der Waals surface area contributed by atoms with Gasteiger partial charge >= 0.3 is 6.03 Å². The third-order valence-electron chi connectivity index (χ3n) is 4.48. The zero-order chi connectivity index (χ0) is 18.4. The molecule has 7 heteroatoms. The van der Waals surface area contributed by atoms with Crippen molar-refractivity contribution in [3.8, 4) is 0 Å². The summed E-state index contributed by atoms with van der Waals surface area (Å²) in [6, 6.07) is 7.65. The molecule has 7 nitrogen and oxygen atoms in total. The lowest BCUT2D eigenvalue weighted by molar-refractivity contribution is -0.130. The molecule has 1 saturated heterocycles. The number of guanidine groups is 1. The molecule has 0 aliphatic carbocycles. The van der Waals surface area contributed by atoms with Crippen molar-refractivity contribution in [3.63, 3.8) is 0 Å². The molecule has 2 rings (SSSR count). The topological polar surface area (TPSA) is 99.8 Å². The highest BCUT2D eigenvalue weighted by molar-refractivity contribution is 6.06. The largest absolute Gasteiger partial charge is 0.370 e. The van der Waals surface area contributed by atoms with Gasteiger partial charge in [-0.3, -0.25) is 14.7 Å². The molecule has 0 aromatic heterocycles. The van der Waals surface area contributed by atoms with Gasteiger partial charge in [-0.2, -0.15) is 0 Å². The molecule has 1 aromatic carbocycles. The second-order valence-electron chi connectivity index (χ2n) is 6.37. The molecular formula is C18H27N5O2. The van der Waals surface area contributed by atoms with Gasteiger partial charge in [-0.25, -0.2) is 4.79 Å². The predicted octanol–water partition coefficient (Wildman–Crippen LogP) is 2.09. The first-order valence-corrected chi connectivity index (χ1v) is 8.69. The molecular weight excluding hydrogens is 318 g/mol. The fourth-order valence-corrected chi connectivity index (χ4v) is 2.67. The normalized spacial score (nSPS) is 20.8. The summed E-state index contributed by atoms with van der Waals surface area (Å²) < 4.78 is 0. The van der Waals surface area contributed by atoms with Crippen molar-refractivity contribution >= 4 is 23.6 Å². The first kappa shape index (κ1) is 18.8. The number of carbonyl (C=O) groups is 2. The summed E-state index contributed by atoms with van der Waals surface area (Å²) in [6.07, 6.45) is 2.09. The van der Waals surface area contributed by atoms with Gasteiger partial charge in [-0.1, -0.05) is 26.0 Å². The SMILES string of the molecule is CCc1cccc(NC(N)=NCCCN2C(=O)NC(C)(CC)C2=O)c1. The van der Waals surface area contributed by atoms with Crippen LogP contribution in [-0.2, 0) is 11.2 Å². The second-order valence-corrected chi connectivity index (χ2v) is 6.37. The van der Waals surface area contributed by atoms with E-state index in [4.69, 9.17) is 5.73 Å². The number of nitrogens with zero attached hydrogens (tertiary/aromatic N) is 2. The minimum Gasteiger partial charge on any atom is -0.370 e. The number of amides is 3. The molecule has 1 unspecified atom stereocenters. The fraction of sp³-hybridized carbons (Fsp3) is 0.500. The van der Waals surface area contributed by atoms with Crippen LogP contribution in [0.2, 0.25) is 0 Å². The summed E-state index contributed by atoms with van der Waals surface area (Å²) in [5.74, 6) is 0.148. The Balaban J connectivity index is 1.82. The van der Waals surface area contributed by atoms with Crippen LogP contribution in [0.15, 0.2) is 29.3 Å². The molecule has 1 heterocycles. The number of hydrogen-bond acceptors (Lipinski definition) is 3. The number of urea groups is 1. The van der Waals surface area contributed by atoms with Gasteiger partial charge in [0.25, 0.3) is 5.91 Å². The minimum atomic E-state index is -0.786. The predicted molar refractivity (Wildman–Crippen MR) is 99.5 cm³/mol. The first-order chi connectivity index (χ1) is 11.9. The van der Waals surface area contributed by atoms with Gasteiger partial charge in [0.05, 0.1) is 0 Å². The van der Waals surface area contributed by atoms with Crippen LogP contribution in [-0.4, -0.2) is 41.4 Å². The Labute approximate surface area is 148 Å². The van der Waals surface area contributed by atoms with Gasteiger partial charge in [0, 0.05) is 18.8 Å². The molecule has 136 valence electrons. The van der Waals surface area contributed by atoms with Crippen molar-refractivity contribution in [2.75, 3.05) is 18.4 Å².